The van der Waals surface area contributed by atoms with Crippen LogP contribution in [0.5, 0.6) is 0 Å². The summed E-state index contributed by atoms with van der Waals surface area (Å²) in [5.41, 5.74) is 1.66. The summed E-state index contributed by atoms with van der Waals surface area (Å²) in [4.78, 5) is 0. The third kappa shape index (κ3) is 1.58. The fraction of sp³-hybridized carbons (Fsp3) is 0.333. The molecule has 0 saturated carbocycles. The summed E-state index contributed by atoms with van der Waals surface area (Å²) in [7, 11) is 0. The van der Waals surface area contributed by atoms with E-state index >= 15 is 0 Å². The van der Waals surface area contributed by atoms with Gasteiger partial charge in [-0.3, -0.25) is 0 Å². The van der Waals surface area contributed by atoms with Crippen molar-refractivity contribution in [2.75, 3.05) is 0 Å². The average Bonchev–Trinajstić information content (AvgIpc) is 1.94. The summed E-state index contributed by atoms with van der Waals surface area (Å²) in [6.07, 6.45) is 0. The summed E-state index contributed by atoms with van der Waals surface area (Å²) in [6.45, 7) is 1.85. The van der Waals surface area contributed by atoms with Gasteiger partial charge in [-0.1, -0.05) is 11.6 Å². The Kier molecular flexibility index (Phi) is 2.46. The Balaban J connectivity index is 3.09. The number of alkyl halides is 1. The van der Waals surface area contributed by atoms with Crippen molar-refractivity contribution in [2.24, 2.45) is 0 Å². The van der Waals surface area contributed by atoms with Gasteiger partial charge < -0.3 is 0 Å². The molecule has 0 amide bonds. The first-order valence-corrected chi connectivity index (χ1v) is 3.70. The lowest BCUT2D eigenvalue weighted by atomic mass is 10.3. The Bertz CT molecular complexity index is 237. The number of nitrogens with zero attached hydrogens (tertiary/aromatic N) is 2. The van der Waals surface area contributed by atoms with Crippen LogP contribution in [0.2, 0.25) is 5.15 Å². The summed E-state index contributed by atoms with van der Waals surface area (Å²) in [5.74, 6) is 0.384. The molecule has 0 aliphatic heterocycles. The summed E-state index contributed by atoms with van der Waals surface area (Å²) in [6, 6.07) is 1.82. The Morgan fingerprint density at radius 2 is 2.20 bits per heavy atom. The van der Waals surface area contributed by atoms with Gasteiger partial charge in [0, 0.05) is 5.56 Å². The quantitative estimate of drug-likeness (QED) is 0.614. The summed E-state index contributed by atoms with van der Waals surface area (Å²) in [5, 5.41) is 7.82. The molecule has 0 fully saturated rings. The highest BCUT2D eigenvalue weighted by atomic mass is 35.5. The van der Waals surface area contributed by atoms with Crippen molar-refractivity contribution in [3.63, 3.8) is 0 Å². The Hall–Kier alpha value is -0.340. The number of rotatable bonds is 1. The normalized spacial score (nSPS) is 9.90. The molecule has 1 aromatic heterocycles. The lowest BCUT2D eigenvalue weighted by Crippen LogP contribution is -1.91. The summed E-state index contributed by atoms with van der Waals surface area (Å²) >= 11 is 11.2. The van der Waals surface area contributed by atoms with Crippen molar-refractivity contribution in [3.05, 3.63) is 22.5 Å². The van der Waals surface area contributed by atoms with E-state index in [9.17, 15) is 0 Å². The van der Waals surface area contributed by atoms with Crippen molar-refractivity contribution in [1.29, 1.82) is 0 Å². The van der Waals surface area contributed by atoms with Gasteiger partial charge in [0.15, 0.2) is 5.15 Å². The molecule has 10 heavy (non-hydrogen) atoms. The molecule has 0 aromatic carbocycles. The second kappa shape index (κ2) is 3.17. The minimum absolute atomic E-state index is 0.384. The zero-order chi connectivity index (χ0) is 7.56. The molecule has 1 aromatic rings. The smallest absolute Gasteiger partial charge is 0.154 e. The van der Waals surface area contributed by atoms with E-state index in [1.165, 1.54) is 0 Å². The molecule has 0 atom stereocenters. The second-order valence-electron chi connectivity index (χ2n) is 1.94. The standard InChI is InChI=1S/C6H6Cl2N2/c1-4-2-5(3-7)6(8)10-9-4/h2H,3H2,1H3. The molecular formula is C6H6Cl2N2. The second-order valence-corrected chi connectivity index (χ2v) is 2.56. The molecule has 0 aliphatic rings. The Morgan fingerprint density at radius 3 is 2.70 bits per heavy atom. The van der Waals surface area contributed by atoms with Crippen LogP contribution in [0.3, 0.4) is 0 Å². The van der Waals surface area contributed by atoms with Crippen LogP contribution in [0, 0.1) is 6.92 Å². The maximum atomic E-state index is 5.64. The zero-order valence-corrected chi connectivity index (χ0v) is 6.95. The first kappa shape index (κ1) is 7.76. The third-order valence-electron chi connectivity index (χ3n) is 1.09. The molecule has 54 valence electrons. The zero-order valence-electron chi connectivity index (χ0n) is 5.43. The predicted molar refractivity (Wildman–Crippen MR) is 41.3 cm³/mol. The predicted octanol–water partition coefficient (Wildman–Crippen LogP) is 2.18. The molecule has 0 aliphatic carbocycles. The molecule has 4 heteroatoms. The van der Waals surface area contributed by atoms with E-state index in [1.54, 1.807) is 0 Å². The molecule has 0 unspecified atom stereocenters. The fourth-order valence-electron chi connectivity index (χ4n) is 0.621. The highest BCUT2D eigenvalue weighted by molar-refractivity contribution is 6.31. The minimum atomic E-state index is 0.384. The van der Waals surface area contributed by atoms with Crippen molar-refractivity contribution in [2.45, 2.75) is 12.8 Å². The average molecular weight is 177 g/mol. The van der Waals surface area contributed by atoms with Crippen LogP contribution in [0.4, 0.5) is 0 Å². The van der Waals surface area contributed by atoms with Crippen LogP contribution in [-0.2, 0) is 5.88 Å². The third-order valence-corrected chi connectivity index (χ3v) is 1.69. The molecular weight excluding hydrogens is 171 g/mol. The first-order valence-electron chi connectivity index (χ1n) is 2.78. The fourth-order valence-corrected chi connectivity index (χ4v) is 1.05. The Labute approximate surface area is 69.2 Å². The van der Waals surface area contributed by atoms with Gasteiger partial charge in [-0.15, -0.1) is 16.7 Å². The van der Waals surface area contributed by atoms with Crippen molar-refractivity contribution < 1.29 is 0 Å². The highest BCUT2D eigenvalue weighted by Crippen LogP contribution is 2.13. The van der Waals surface area contributed by atoms with Crippen LogP contribution in [0.15, 0.2) is 6.07 Å². The monoisotopic (exact) mass is 176 g/mol. The lowest BCUT2D eigenvalue weighted by molar-refractivity contribution is 0.963. The SMILES string of the molecule is Cc1cc(CCl)c(Cl)nn1. The van der Waals surface area contributed by atoms with Crippen LogP contribution in [0.1, 0.15) is 11.3 Å². The topological polar surface area (TPSA) is 25.8 Å². The van der Waals surface area contributed by atoms with E-state index < -0.39 is 0 Å². The molecule has 2 nitrogen and oxygen atoms in total. The van der Waals surface area contributed by atoms with Crippen molar-refractivity contribution >= 4 is 23.2 Å². The molecule has 1 rings (SSSR count). The molecule has 0 radical (unpaired) electrons. The van der Waals surface area contributed by atoms with Gasteiger partial charge in [0.25, 0.3) is 0 Å². The Morgan fingerprint density at radius 1 is 1.50 bits per heavy atom. The first-order chi connectivity index (χ1) is 4.74. The number of hydrogen-bond donors (Lipinski definition) is 0. The number of hydrogen-bond acceptors (Lipinski definition) is 2. The van der Waals surface area contributed by atoms with E-state index in [-0.39, 0.29) is 0 Å². The van der Waals surface area contributed by atoms with E-state index in [1.807, 2.05) is 13.0 Å². The van der Waals surface area contributed by atoms with Gasteiger partial charge >= 0.3 is 0 Å². The van der Waals surface area contributed by atoms with Crippen LogP contribution in [-0.4, -0.2) is 10.2 Å². The van der Waals surface area contributed by atoms with Gasteiger partial charge in [-0.2, -0.15) is 5.10 Å². The molecule has 0 bridgehead atoms. The van der Waals surface area contributed by atoms with E-state index in [4.69, 9.17) is 23.2 Å². The molecule has 0 spiro atoms. The van der Waals surface area contributed by atoms with E-state index in [0.717, 1.165) is 11.3 Å². The lowest BCUT2D eigenvalue weighted by Gasteiger charge is -1.96. The van der Waals surface area contributed by atoms with Gasteiger partial charge in [0.2, 0.25) is 0 Å². The van der Waals surface area contributed by atoms with Gasteiger partial charge in [-0.05, 0) is 13.0 Å². The van der Waals surface area contributed by atoms with E-state index in [0.29, 0.717) is 11.0 Å². The maximum absolute atomic E-state index is 5.64. The highest BCUT2D eigenvalue weighted by Gasteiger charge is 1.99. The maximum Gasteiger partial charge on any atom is 0.156 e. The van der Waals surface area contributed by atoms with Gasteiger partial charge in [0.05, 0.1) is 11.6 Å². The van der Waals surface area contributed by atoms with Crippen molar-refractivity contribution in [3.8, 4) is 0 Å². The number of aryl methyl sites for hydroxylation is 1. The van der Waals surface area contributed by atoms with Gasteiger partial charge in [0.1, 0.15) is 0 Å². The van der Waals surface area contributed by atoms with E-state index in [2.05, 4.69) is 10.2 Å². The molecule has 1 heterocycles. The number of halogens is 2. The largest absolute Gasteiger partial charge is 0.156 e. The molecule has 0 N–H and O–H groups in total. The van der Waals surface area contributed by atoms with Crippen LogP contribution in [0.25, 0.3) is 0 Å². The van der Waals surface area contributed by atoms with Crippen LogP contribution < -0.4 is 0 Å². The van der Waals surface area contributed by atoms with Crippen LogP contribution >= 0.6 is 23.2 Å². The number of aromatic nitrogens is 2. The minimum Gasteiger partial charge on any atom is -0.154 e. The van der Waals surface area contributed by atoms with Crippen molar-refractivity contribution in [1.82, 2.24) is 10.2 Å². The molecule has 0 saturated heterocycles. The summed E-state index contributed by atoms with van der Waals surface area (Å²) < 4.78 is 0. The van der Waals surface area contributed by atoms with Gasteiger partial charge in [-0.25, -0.2) is 0 Å².